The van der Waals surface area contributed by atoms with Crippen molar-refractivity contribution in [2.45, 2.75) is 82.8 Å². The van der Waals surface area contributed by atoms with E-state index in [2.05, 4.69) is 6.92 Å². The van der Waals surface area contributed by atoms with Crippen molar-refractivity contribution in [2.24, 2.45) is 47.3 Å². The molecule has 6 rings (SSSR count). The second-order valence-electron chi connectivity index (χ2n) is 11.5. The molecule has 0 spiro atoms. The molecule has 0 saturated heterocycles. The Kier molecular flexibility index (Phi) is 4.63. The Balaban J connectivity index is 1.08. The van der Waals surface area contributed by atoms with Gasteiger partial charge in [-0.1, -0.05) is 18.6 Å². The van der Waals surface area contributed by atoms with E-state index in [1.807, 2.05) is 12.2 Å². The largest absolute Gasteiger partial charge is 0.462 e. The minimum absolute atomic E-state index is 0.0254. The topological polar surface area (TPSA) is 69.7 Å². The fourth-order valence-corrected chi connectivity index (χ4v) is 8.32. The standard InChI is InChI=1S/C26H34O5/c1-26(9-3-2-4-10-26)31-25(29)18-8-7-16-19-12-15(22(16)18)13-21(19)30-24(28)20-11-14-5-6-17(20)23(14)27/h5-6,14-22H,2-4,7-13H2,1H3. The molecule has 6 aliphatic carbocycles. The van der Waals surface area contributed by atoms with Crippen LogP contribution in [0.15, 0.2) is 12.2 Å². The summed E-state index contributed by atoms with van der Waals surface area (Å²) < 4.78 is 12.1. The highest BCUT2D eigenvalue weighted by Gasteiger charge is 2.61. The number of allylic oxidation sites excluding steroid dienone is 2. The fraction of sp³-hybridized carbons (Fsp3) is 0.808. The number of carbonyl (C=O) groups is 3. The summed E-state index contributed by atoms with van der Waals surface area (Å²) >= 11 is 0. The molecule has 0 heterocycles. The van der Waals surface area contributed by atoms with E-state index in [4.69, 9.17) is 9.47 Å². The van der Waals surface area contributed by atoms with Crippen molar-refractivity contribution < 1.29 is 23.9 Å². The Morgan fingerprint density at radius 1 is 0.935 bits per heavy atom. The predicted molar refractivity (Wildman–Crippen MR) is 113 cm³/mol. The molecule has 168 valence electrons. The van der Waals surface area contributed by atoms with Gasteiger partial charge in [-0.15, -0.1) is 0 Å². The molecule has 0 aliphatic heterocycles. The molecule has 4 bridgehead atoms. The van der Waals surface area contributed by atoms with E-state index in [-0.39, 0.29) is 53.1 Å². The monoisotopic (exact) mass is 426 g/mol. The maximum absolute atomic E-state index is 13.1. The summed E-state index contributed by atoms with van der Waals surface area (Å²) in [5.74, 6) is 1.23. The zero-order chi connectivity index (χ0) is 21.3. The Labute approximate surface area is 184 Å². The second kappa shape index (κ2) is 7.18. The third-order valence-electron chi connectivity index (χ3n) is 9.77. The number of fused-ring (bicyclic) bond motifs is 7. The lowest BCUT2D eigenvalue weighted by atomic mass is 9.76. The van der Waals surface area contributed by atoms with Gasteiger partial charge in [-0.05, 0) is 88.4 Å². The second-order valence-corrected chi connectivity index (χ2v) is 11.5. The van der Waals surface area contributed by atoms with Crippen LogP contribution in [0, 0.1) is 47.3 Å². The SMILES string of the molecule is CC1(OC(=O)C2CCC3C4CC(CC4OC(=O)C4CC5C=CC4C5=O)C23)CCCCC1. The van der Waals surface area contributed by atoms with Crippen LogP contribution in [0.5, 0.6) is 0 Å². The maximum atomic E-state index is 13.1. The summed E-state index contributed by atoms with van der Waals surface area (Å²) in [5.41, 5.74) is -0.268. The van der Waals surface area contributed by atoms with Crippen LogP contribution in [0.1, 0.15) is 71.1 Å². The first-order valence-electron chi connectivity index (χ1n) is 12.6. The Morgan fingerprint density at radius 3 is 2.45 bits per heavy atom. The Hall–Kier alpha value is -1.65. The quantitative estimate of drug-likeness (QED) is 0.497. The molecule has 31 heavy (non-hydrogen) atoms. The first-order valence-corrected chi connectivity index (χ1v) is 12.6. The van der Waals surface area contributed by atoms with E-state index in [0.29, 0.717) is 30.1 Å². The molecule has 5 heteroatoms. The molecule has 6 aliphatic rings. The molecule has 5 saturated carbocycles. The van der Waals surface area contributed by atoms with Crippen LogP contribution < -0.4 is 0 Å². The predicted octanol–water partition coefficient (Wildman–Crippen LogP) is 4.24. The van der Waals surface area contributed by atoms with Crippen LogP contribution in [-0.2, 0) is 23.9 Å². The third kappa shape index (κ3) is 3.13. The van der Waals surface area contributed by atoms with Crippen molar-refractivity contribution >= 4 is 17.7 Å². The van der Waals surface area contributed by atoms with Gasteiger partial charge in [0.15, 0.2) is 0 Å². The minimum atomic E-state index is -0.278. The van der Waals surface area contributed by atoms with Gasteiger partial charge in [0.2, 0.25) is 0 Å². The molecule has 0 N–H and O–H groups in total. The molecule has 9 unspecified atom stereocenters. The zero-order valence-corrected chi connectivity index (χ0v) is 18.5. The summed E-state index contributed by atoms with van der Waals surface area (Å²) in [7, 11) is 0. The van der Waals surface area contributed by atoms with Crippen LogP contribution in [-0.4, -0.2) is 29.4 Å². The lowest BCUT2D eigenvalue weighted by molar-refractivity contribution is -0.170. The number of rotatable bonds is 4. The van der Waals surface area contributed by atoms with Gasteiger partial charge in [0, 0.05) is 11.8 Å². The highest BCUT2D eigenvalue weighted by atomic mass is 16.6. The van der Waals surface area contributed by atoms with E-state index >= 15 is 0 Å². The van der Waals surface area contributed by atoms with E-state index in [0.717, 1.165) is 51.4 Å². The molecule has 0 radical (unpaired) electrons. The number of ketones is 1. The van der Waals surface area contributed by atoms with Crippen LogP contribution in [0.4, 0.5) is 0 Å². The Morgan fingerprint density at radius 2 is 1.74 bits per heavy atom. The average Bonchev–Trinajstić information content (AvgIpc) is 3.54. The third-order valence-corrected chi connectivity index (χ3v) is 9.77. The van der Waals surface area contributed by atoms with Crippen LogP contribution in [0.25, 0.3) is 0 Å². The number of hydrogen-bond donors (Lipinski definition) is 0. The van der Waals surface area contributed by atoms with Crippen molar-refractivity contribution in [3.05, 3.63) is 12.2 Å². The van der Waals surface area contributed by atoms with Crippen molar-refractivity contribution in [1.29, 1.82) is 0 Å². The molecule has 5 fully saturated rings. The first kappa shape index (κ1) is 20.0. The van der Waals surface area contributed by atoms with Crippen molar-refractivity contribution in [2.75, 3.05) is 0 Å². The smallest absolute Gasteiger partial charge is 0.310 e. The van der Waals surface area contributed by atoms with Gasteiger partial charge in [0.1, 0.15) is 17.5 Å². The normalized spacial score (nSPS) is 46.4. The van der Waals surface area contributed by atoms with Gasteiger partial charge < -0.3 is 9.47 Å². The molecule has 9 atom stereocenters. The van der Waals surface area contributed by atoms with Gasteiger partial charge in [0.05, 0.1) is 11.8 Å². The van der Waals surface area contributed by atoms with Gasteiger partial charge >= 0.3 is 11.9 Å². The fourth-order valence-electron chi connectivity index (χ4n) is 8.32. The van der Waals surface area contributed by atoms with E-state index < -0.39 is 0 Å². The van der Waals surface area contributed by atoms with Crippen molar-refractivity contribution in [3.8, 4) is 0 Å². The molecule has 5 nitrogen and oxygen atoms in total. The lowest BCUT2D eigenvalue weighted by Gasteiger charge is -2.37. The summed E-state index contributed by atoms with van der Waals surface area (Å²) in [4.78, 5) is 38.1. The number of Topliss-reactive ketones (excluding diaryl/α,β-unsaturated/α-hetero) is 1. The summed E-state index contributed by atoms with van der Waals surface area (Å²) in [5, 5.41) is 0. The van der Waals surface area contributed by atoms with Gasteiger partial charge in [-0.2, -0.15) is 0 Å². The minimum Gasteiger partial charge on any atom is -0.462 e. The molecule has 0 aromatic heterocycles. The van der Waals surface area contributed by atoms with E-state index in [1.54, 1.807) is 0 Å². The van der Waals surface area contributed by atoms with Crippen LogP contribution >= 0.6 is 0 Å². The summed E-state index contributed by atoms with van der Waals surface area (Å²) in [6.07, 6.45) is 13.9. The van der Waals surface area contributed by atoms with Crippen molar-refractivity contribution in [3.63, 3.8) is 0 Å². The molecule has 0 amide bonds. The average molecular weight is 427 g/mol. The number of esters is 2. The number of hydrogen-bond acceptors (Lipinski definition) is 5. The highest BCUT2D eigenvalue weighted by molar-refractivity contribution is 5.96. The lowest BCUT2D eigenvalue weighted by Crippen LogP contribution is -2.40. The zero-order valence-electron chi connectivity index (χ0n) is 18.5. The molecular formula is C26H34O5. The first-order chi connectivity index (χ1) is 14.9. The molecule has 0 aromatic carbocycles. The number of ether oxygens (including phenoxy) is 2. The van der Waals surface area contributed by atoms with Crippen LogP contribution in [0.3, 0.4) is 0 Å². The van der Waals surface area contributed by atoms with Gasteiger partial charge in [-0.25, -0.2) is 0 Å². The number of carbonyl (C=O) groups excluding carboxylic acids is 3. The van der Waals surface area contributed by atoms with E-state index in [9.17, 15) is 14.4 Å². The summed E-state index contributed by atoms with van der Waals surface area (Å²) in [6.45, 7) is 2.11. The molecular weight excluding hydrogens is 392 g/mol. The maximum Gasteiger partial charge on any atom is 0.310 e. The molecule has 0 aromatic rings. The highest BCUT2D eigenvalue weighted by Crippen LogP contribution is 2.62. The van der Waals surface area contributed by atoms with Gasteiger partial charge in [-0.3, -0.25) is 14.4 Å². The Bertz CT molecular complexity index is 824. The van der Waals surface area contributed by atoms with Gasteiger partial charge in [0.25, 0.3) is 0 Å². The van der Waals surface area contributed by atoms with E-state index in [1.165, 1.54) is 6.42 Å². The van der Waals surface area contributed by atoms with Crippen LogP contribution in [0.2, 0.25) is 0 Å². The summed E-state index contributed by atoms with van der Waals surface area (Å²) in [6, 6.07) is 0. The van der Waals surface area contributed by atoms with Crippen molar-refractivity contribution in [1.82, 2.24) is 0 Å².